The van der Waals surface area contributed by atoms with Gasteiger partial charge in [0, 0.05) is 12.2 Å². The van der Waals surface area contributed by atoms with Crippen LogP contribution in [0.5, 0.6) is 0 Å². The number of nitrogen functional groups attached to an aromatic ring is 1. The van der Waals surface area contributed by atoms with Gasteiger partial charge in [-0.3, -0.25) is 0 Å². The van der Waals surface area contributed by atoms with Crippen molar-refractivity contribution >= 4 is 21.7 Å². The first-order valence-electron chi connectivity index (χ1n) is 4.83. The fourth-order valence-corrected chi connectivity index (χ4v) is 2.20. The van der Waals surface area contributed by atoms with Crippen LogP contribution in [0.3, 0.4) is 0 Å². The summed E-state index contributed by atoms with van der Waals surface area (Å²) in [5.74, 6) is -3.01. The van der Waals surface area contributed by atoms with E-state index in [1.54, 1.807) is 6.92 Å². The summed E-state index contributed by atoms with van der Waals surface area (Å²) in [4.78, 5) is 10.0. The molecule has 0 atom stereocenters. The van der Waals surface area contributed by atoms with E-state index in [9.17, 15) is 22.0 Å². The number of rotatable bonds is 3. The minimum absolute atomic E-state index is 0.176. The maximum absolute atomic E-state index is 13.3. The molecule has 0 bridgehead atoms. The second-order valence-electron chi connectivity index (χ2n) is 3.28. The highest BCUT2D eigenvalue weighted by atomic mass is 32.2. The molecule has 0 aliphatic carbocycles. The molecule has 9 heteroatoms. The lowest BCUT2D eigenvalue weighted by Gasteiger charge is -2.09. The van der Waals surface area contributed by atoms with Crippen LogP contribution in [-0.2, 0) is 10.0 Å². The van der Waals surface area contributed by atoms with Crippen molar-refractivity contribution in [1.29, 1.82) is 0 Å². The molecule has 0 fully saturated rings. The molecule has 0 saturated carbocycles. The monoisotopic (exact) mass is 279 g/mol. The number of carbonyl (C=O) groups excluding carboxylic acids is 1. The summed E-state index contributed by atoms with van der Waals surface area (Å²) in [6.45, 7) is 1.74. The second kappa shape index (κ2) is 5.17. The van der Waals surface area contributed by atoms with Gasteiger partial charge in [-0.15, -0.1) is 0 Å². The Morgan fingerprint density at radius 1 is 1.39 bits per heavy atom. The van der Waals surface area contributed by atoms with Crippen LogP contribution >= 0.6 is 0 Å². The van der Waals surface area contributed by atoms with E-state index in [2.05, 4.69) is 5.32 Å². The SMILES string of the molecule is CCNC(=O)NS(=O)(=O)c1cc(N)cc(F)c1F. The number of nitrogens with one attached hydrogen (secondary N) is 2. The van der Waals surface area contributed by atoms with Crippen LogP contribution in [0.15, 0.2) is 17.0 Å². The number of anilines is 1. The van der Waals surface area contributed by atoms with Crippen LogP contribution in [0.25, 0.3) is 0 Å². The largest absolute Gasteiger partial charge is 0.399 e. The summed E-state index contributed by atoms with van der Waals surface area (Å²) in [5.41, 5.74) is 4.94. The van der Waals surface area contributed by atoms with Gasteiger partial charge < -0.3 is 11.1 Å². The Morgan fingerprint density at radius 2 is 2.00 bits per heavy atom. The highest BCUT2D eigenvalue weighted by Crippen LogP contribution is 2.20. The molecule has 0 heterocycles. The van der Waals surface area contributed by atoms with E-state index in [0.29, 0.717) is 6.07 Å². The molecule has 1 aromatic carbocycles. The van der Waals surface area contributed by atoms with Gasteiger partial charge in [0.2, 0.25) is 0 Å². The Bertz CT molecular complexity index is 575. The van der Waals surface area contributed by atoms with Crippen LogP contribution in [0.1, 0.15) is 6.92 Å². The Balaban J connectivity index is 3.17. The molecule has 0 aliphatic rings. The minimum atomic E-state index is -4.51. The standard InChI is InChI=1S/C9H11F2N3O3S/c1-2-13-9(15)14-18(16,17)7-4-5(12)3-6(10)8(7)11/h3-4H,2,12H2,1H3,(H2,13,14,15). The molecular weight excluding hydrogens is 268 g/mol. The van der Waals surface area contributed by atoms with Crippen molar-refractivity contribution in [3.05, 3.63) is 23.8 Å². The zero-order valence-corrected chi connectivity index (χ0v) is 10.1. The molecule has 0 spiro atoms. The van der Waals surface area contributed by atoms with Crippen molar-refractivity contribution in [2.75, 3.05) is 12.3 Å². The van der Waals surface area contributed by atoms with E-state index in [1.165, 1.54) is 4.72 Å². The lowest BCUT2D eigenvalue weighted by molar-refractivity contribution is 0.246. The van der Waals surface area contributed by atoms with Crippen LogP contribution in [0, 0.1) is 11.6 Å². The first-order chi connectivity index (χ1) is 8.27. The van der Waals surface area contributed by atoms with Crippen molar-refractivity contribution in [3.63, 3.8) is 0 Å². The first kappa shape index (κ1) is 14.2. The molecule has 6 nitrogen and oxygen atoms in total. The summed E-state index contributed by atoms with van der Waals surface area (Å²) in [7, 11) is -4.51. The Morgan fingerprint density at radius 3 is 2.56 bits per heavy atom. The van der Waals surface area contributed by atoms with Gasteiger partial charge in [0.05, 0.1) is 0 Å². The van der Waals surface area contributed by atoms with Gasteiger partial charge in [-0.1, -0.05) is 0 Å². The highest BCUT2D eigenvalue weighted by molar-refractivity contribution is 7.90. The maximum Gasteiger partial charge on any atom is 0.328 e. The second-order valence-corrected chi connectivity index (χ2v) is 4.93. The number of benzene rings is 1. The number of urea groups is 1. The number of halogens is 2. The molecule has 1 aromatic rings. The number of sulfonamides is 1. The Labute approximate surface area is 102 Å². The summed E-state index contributed by atoms with van der Waals surface area (Å²) in [6, 6.07) is 0.320. The van der Waals surface area contributed by atoms with E-state index in [1.807, 2.05) is 0 Å². The predicted molar refractivity (Wildman–Crippen MR) is 60.2 cm³/mol. The molecule has 0 aliphatic heterocycles. The molecule has 0 unspecified atom stereocenters. The predicted octanol–water partition coefficient (Wildman–Crippen LogP) is 0.555. The summed E-state index contributed by atoms with van der Waals surface area (Å²) >= 11 is 0. The van der Waals surface area contributed by atoms with E-state index in [4.69, 9.17) is 5.73 Å². The average Bonchev–Trinajstić information content (AvgIpc) is 2.22. The molecule has 1 rings (SSSR count). The highest BCUT2D eigenvalue weighted by Gasteiger charge is 2.24. The maximum atomic E-state index is 13.3. The minimum Gasteiger partial charge on any atom is -0.399 e. The molecule has 2 amide bonds. The third-order valence-electron chi connectivity index (χ3n) is 1.87. The molecule has 100 valence electrons. The fraction of sp³-hybridized carbons (Fsp3) is 0.222. The van der Waals surface area contributed by atoms with Crippen molar-refractivity contribution in [2.24, 2.45) is 0 Å². The zero-order valence-electron chi connectivity index (χ0n) is 9.33. The number of amides is 2. The number of hydrogen-bond acceptors (Lipinski definition) is 4. The first-order valence-corrected chi connectivity index (χ1v) is 6.31. The van der Waals surface area contributed by atoms with Crippen LogP contribution < -0.4 is 15.8 Å². The zero-order chi connectivity index (χ0) is 13.9. The lowest BCUT2D eigenvalue weighted by atomic mass is 10.3. The van der Waals surface area contributed by atoms with Crippen LogP contribution in [0.2, 0.25) is 0 Å². The van der Waals surface area contributed by atoms with Gasteiger partial charge in [0.1, 0.15) is 4.90 Å². The molecular formula is C9H11F2N3O3S. The quantitative estimate of drug-likeness (QED) is 0.703. The molecule has 0 aromatic heterocycles. The van der Waals surface area contributed by atoms with Crippen molar-refractivity contribution in [3.8, 4) is 0 Å². The van der Waals surface area contributed by atoms with Crippen molar-refractivity contribution < 1.29 is 22.0 Å². The normalized spacial score (nSPS) is 11.1. The topological polar surface area (TPSA) is 101 Å². The van der Waals surface area contributed by atoms with Crippen LogP contribution in [0.4, 0.5) is 19.3 Å². The number of nitrogens with two attached hydrogens (primary N) is 1. The van der Waals surface area contributed by atoms with Crippen LogP contribution in [-0.4, -0.2) is 21.0 Å². The van der Waals surface area contributed by atoms with E-state index < -0.39 is 32.6 Å². The van der Waals surface area contributed by atoms with Gasteiger partial charge >= 0.3 is 6.03 Å². The lowest BCUT2D eigenvalue weighted by Crippen LogP contribution is -2.39. The van der Waals surface area contributed by atoms with Gasteiger partial charge in [-0.25, -0.2) is 26.7 Å². The van der Waals surface area contributed by atoms with E-state index in [0.717, 1.165) is 6.07 Å². The Hall–Kier alpha value is -1.90. The molecule has 0 saturated heterocycles. The Kier molecular flexibility index (Phi) is 4.07. The molecule has 0 radical (unpaired) electrons. The van der Waals surface area contributed by atoms with Crippen molar-refractivity contribution in [2.45, 2.75) is 11.8 Å². The summed E-state index contributed by atoms with van der Waals surface area (Å²) in [5, 5.41) is 2.14. The smallest absolute Gasteiger partial charge is 0.328 e. The number of carbonyl (C=O) groups is 1. The van der Waals surface area contributed by atoms with Gasteiger partial charge in [-0.2, -0.15) is 0 Å². The molecule has 18 heavy (non-hydrogen) atoms. The van der Waals surface area contributed by atoms with Gasteiger partial charge in [0.15, 0.2) is 11.6 Å². The van der Waals surface area contributed by atoms with E-state index in [-0.39, 0.29) is 12.2 Å². The average molecular weight is 279 g/mol. The molecule has 4 N–H and O–H groups in total. The van der Waals surface area contributed by atoms with Gasteiger partial charge in [0.25, 0.3) is 10.0 Å². The third kappa shape index (κ3) is 3.06. The number of hydrogen-bond donors (Lipinski definition) is 3. The van der Waals surface area contributed by atoms with Gasteiger partial charge in [-0.05, 0) is 19.1 Å². The van der Waals surface area contributed by atoms with E-state index >= 15 is 0 Å². The summed E-state index contributed by atoms with van der Waals surface area (Å²) in [6.07, 6.45) is 0. The van der Waals surface area contributed by atoms with Crippen molar-refractivity contribution in [1.82, 2.24) is 10.0 Å². The fourth-order valence-electron chi connectivity index (χ4n) is 1.15. The summed E-state index contributed by atoms with van der Waals surface area (Å²) < 4.78 is 51.1. The third-order valence-corrected chi connectivity index (χ3v) is 3.20.